The van der Waals surface area contributed by atoms with E-state index in [1.54, 1.807) is 12.1 Å². The molecule has 0 amide bonds. The first-order valence-electron chi connectivity index (χ1n) is 6.79. The summed E-state index contributed by atoms with van der Waals surface area (Å²) in [5.74, 6) is 1.80. The summed E-state index contributed by atoms with van der Waals surface area (Å²) in [5, 5.41) is 0. The Morgan fingerprint density at radius 3 is 1.90 bits per heavy atom. The molecule has 4 rings (SSSR count). The summed E-state index contributed by atoms with van der Waals surface area (Å²) < 4.78 is 33.5. The molecule has 0 N–H and O–H groups in total. The highest BCUT2D eigenvalue weighted by Gasteiger charge is 2.24. The first-order valence-corrected chi connectivity index (χ1v) is 9.93. The topological polar surface area (TPSA) is 51.2 Å². The Kier molecular flexibility index (Phi) is 3.95. The van der Waals surface area contributed by atoms with Crippen molar-refractivity contribution in [2.24, 2.45) is 0 Å². The zero-order valence-corrected chi connectivity index (χ0v) is 13.1. The molecule has 0 atom stereocenters. The standard InChI is InChI=1S/C8H8O2S.C8H8OS/c9-11(10)6-5-7-3-1-2-4-8(7)11;9-10-5-7-3-1-2-4-8(7)6-10/h1-4H,5-6H2;1-4H,5-6H2. The minimum absolute atomic E-state index is 0.284. The lowest BCUT2D eigenvalue weighted by atomic mass is 10.1. The van der Waals surface area contributed by atoms with Crippen LogP contribution in [-0.2, 0) is 38.6 Å². The van der Waals surface area contributed by atoms with Gasteiger partial charge in [-0.2, -0.15) is 0 Å². The first kappa shape index (κ1) is 14.5. The van der Waals surface area contributed by atoms with Crippen LogP contribution in [0, 0.1) is 0 Å². The predicted molar refractivity (Wildman–Crippen MR) is 84.2 cm³/mol. The second kappa shape index (κ2) is 5.73. The van der Waals surface area contributed by atoms with Gasteiger partial charge in [0, 0.05) is 22.3 Å². The van der Waals surface area contributed by atoms with Gasteiger partial charge >= 0.3 is 0 Å². The Balaban J connectivity index is 0.000000126. The minimum atomic E-state index is -2.91. The molecule has 3 nitrogen and oxygen atoms in total. The van der Waals surface area contributed by atoms with E-state index in [1.165, 1.54) is 11.1 Å². The lowest BCUT2D eigenvalue weighted by Gasteiger charge is -1.94. The molecule has 2 heterocycles. The van der Waals surface area contributed by atoms with Crippen molar-refractivity contribution in [1.82, 2.24) is 0 Å². The van der Waals surface area contributed by atoms with E-state index in [4.69, 9.17) is 0 Å². The highest BCUT2D eigenvalue weighted by atomic mass is 32.2. The van der Waals surface area contributed by atoms with Crippen molar-refractivity contribution in [2.75, 3.05) is 5.75 Å². The van der Waals surface area contributed by atoms with Crippen LogP contribution in [0.3, 0.4) is 0 Å². The average Bonchev–Trinajstić information content (AvgIpc) is 2.99. The summed E-state index contributed by atoms with van der Waals surface area (Å²) in [6, 6.07) is 15.3. The molecule has 0 aliphatic carbocycles. The van der Waals surface area contributed by atoms with Crippen LogP contribution in [0.5, 0.6) is 0 Å². The van der Waals surface area contributed by atoms with Crippen LogP contribution in [0.15, 0.2) is 53.4 Å². The van der Waals surface area contributed by atoms with E-state index in [0.717, 1.165) is 17.1 Å². The monoisotopic (exact) mass is 320 g/mol. The van der Waals surface area contributed by atoms with Crippen molar-refractivity contribution in [2.45, 2.75) is 22.8 Å². The van der Waals surface area contributed by atoms with E-state index in [1.807, 2.05) is 24.3 Å². The van der Waals surface area contributed by atoms with Crippen LogP contribution in [0.4, 0.5) is 0 Å². The summed E-state index contributed by atoms with van der Waals surface area (Å²) in [6.45, 7) is 0. The number of fused-ring (bicyclic) bond motifs is 2. The summed E-state index contributed by atoms with van der Waals surface area (Å²) >= 11 is 0. The fourth-order valence-electron chi connectivity index (χ4n) is 2.61. The number of aryl methyl sites for hydroxylation is 1. The number of sulfone groups is 1. The van der Waals surface area contributed by atoms with Crippen molar-refractivity contribution >= 4 is 20.6 Å². The van der Waals surface area contributed by atoms with Crippen LogP contribution >= 0.6 is 0 Å². The normalized spacial score (nSPS) is 18.5. The molecule has 0 fully saturated rings. The molecule has 5 heteroatoms. The summed E-state index contributed by atoms with van der Waals surface area (Å²) in [6.07, 6.45) is 0.679. The third-order valence-electron chi connectivity index (χ3n) is 3.70. The molecular weight excluding hydrogens is 304 g/mol. The van der Waals surface area contributed by atoms with Gasteiger partial charge in [-0.05, 0) is 29.2 Å². The Morgan fingerprint density at radius 2 is 1.33 bits per heavy atom. The molecule has 2 aromatic carbocycles. The molecule has 0 radical (unpaired) electrons. The molecule has 0 spiro atoms. The summed E-state index contributed by atoms with van der Waals surface area (Å²) in [4.78, 5) is 0.528. The molecule has 0 saturated heterocycles. The Hall–Kier alpha value is -1.46. The van der Waals surface area contributed by atoms with Gasteiger partial charge in [-0.1, -0.05) is 42.5 Å². The number of rotatable bonds is 0. The van der Waals surface area contributed by atoms with Gasteiger partial charge in [0.2, 0.25) is 0 Å². The molecule has 0 unspecified atom stereocenters. The maximum atomic E-state index is 11.3. The van der Waals surface area contributed by atoms with Crippen LogP contribution in [0.2, 0.25) is 0 Å². The van der Waals surface area contributed by atoms with Crippen LogP contribution in [-0.4, -0.2) is 18.4 Å². The third kappa shape index (κ3) is 3.09. The van der Waals surface area contributed by atoms with Gasteiger partial charge in [-0.3, -0.25) is 4.21 Å². The molecule has 0 saturated carbocycles. The molecule has 0 bridgehead atoms. The van der Waals surface area contributed by atoms with E-state index >= 15 is 0 Å². The Morgan fingerprint density at radius 1 is 0.810 bits per heavy atom. The van der Waals surface area contributed by atoms with E-state index in [-0.39, 0.29) is 5.75 Å². The van der Waals surface area contributed by atoms with Crippen molar-refractivity contribution in [3.8, 4) is 0 Å². The van der Waals surface area contributed by atoms with E-state index < -0.39 is 20.6 Å². The van der Waals surface area contributed by atoms with Gasteiger partial charge in [-0.25, -0.2) is 8.42 Å². The molecule has 21 heavy (non-hydrogen) atoms. The highest BCUT2D eigenvalue weighted by Crippen LogP contribution is 2.24. The maximum absolute atomic E-state index is 11.3. The maximum Gasteiger partial charge on any atom is 0.178 e. The zero-order chi connectivity index (χ0) is 14.9. The molecule has 2 aliphatic heterocycles. The van der Waals surface area contributed by atoms with Crippen molar-refractivity contribution in [3.63, 3.8) is 0 Å². The fraction of sp³-hybridized carbons (Fsp3) is 0.250. The Bertz CT molecular complexity index is 768. The second-order valence-corrected chi connectivity index (χ2v) is 8.71. The second-order valence-electron chi connectivity index (χ2n) is 5.17. The SMILES string of the molecule is O=S1(=O)CCc2ccccc21.O=S1Cc2ccccc2C1. The smallest absolute Gasteiger partial charge is 0.178 e. The molecule has 2 aliphatic rings. The first-order chi connectivity index (χ1) is 10.1. The largest absolute Gasteiger partial charge is 0.259 e. The van der Waals surface area contributed by atoms with Crippen molar-refractivity contribution in [3.05, 3.63) is 65.2 Å². The lowest BCUT2D eigenvalue weighted by molar-refractivity contribution is 0.600. The van der Waals surface area contributed by atoms with Crippen molar-refractivity contribution in [1.29, 1.82) is 0 Å². The summed E-state index contributed by atoms with van der Waals surface area (Å²) in [5.41, 5.74) is 3.49. The zero-order valence-electron chi connectivity index (χ0n) is 11.5. The minimum Gasteiger partial charge on any atom is -0.259 e. The van der Waals surface area contributed by atoms with Gasteiger partial charge in [0.05, 0.1) is 10.6 Å². The van der Waals surface area contributed by atoms with Gasteiger partial charge < -0.3 is 0 Å². The molecular formula is C16H16O3S2. The van der Waals surface area contributed by atoms with Gasteiger partial charge in [-0.15, -0.1) is 0 Å². The van der Waals surface area contributed by atoms with Gasteiger partial charge in [0.1, 0.15) is 0 Å². The van der Waals surface area contributed by atoms with Crippen LogP contribution < -0.4 is 0 Å². The van der Waals surface area contributed by atoms with Crippen LogP contribution in [0.25, 0.3) is 0 Å². The summed E-state index contributed by atoms with van der Waals surface area (Å²) in [7, 11) is -3.52. The third-order valence-corrected chi connectivity index (χ3v) is 6.78. The van der Waals surface area contributed by atoms with E-state index in [0.29, 0.717) is 11.3 Å². The number of benzene rings is 2. The fourth-order valence-corrected chi connectivity index (χ4v) is 5.53. The van der Waals surface area contributed by atoms with Crippen molar-refractivity contribution < 1.29 is 12.6 Å². The lowest BCUT2D eigenvalue weighted by Crippen LogP contribution is -1.97. The number of hydrogen-bond acceptors (Lipinski definition) is 3. The van der Waals surface area contributed by atoms with E-state index in [9.17, 15) is 12.6 Å². The van der Waals surface area contributed by atoms with Gasteiger partial charge in [0.25, 0.3) is 0 Å². The Labute approximate surface area is 127 Å². The van der Waals surface area contributed by atoms with Crippen LogP contribution in [0.1, 0.15) is 16.7 Å². The van der Waals surface area contributed by atoms with E-state index in [2.05, 4.69) is 12.1 Å². The predicted octanol–water partition coefficient (Wildman–Crippen LogP) is 2.47. The highest BCUT2D eigenvalue weighted by molar-refractivity contribution is 7.91. The molecule has 2 aromatic rings. The van der Waals surface area contributed by atoms with Gasteiger partial charge in [0.15, 0.2) is 9.84 Å². The molecule has 0 aromatic heterocycles. The average molecular weight is 320 g/mol. The quantitative estimate of drug-likeness (QED) is 0.749. The number of hydrogen-bond donors (Lipinski definition) is 0. The molecule has 110 valence electrons.